The van der Waals surface area contributed by atoms with Gasteiger partial charge in [-0.1, -0.05) is 30.3 Å². The van der Waals surface area contributed by atoms with Gasteiger partial charge in [0.25, 0.3) is 10.0 Å². The van der Waals surface area contributed by atoms with Crippen molar-refractivity contribution >= 4 is 42.7 Å². The predicted molar refractivity (Wildman–Crippen MR) is 115 cm³/mol. The highest BCUT2D eigenvalue weighted by Gasteiger charge is 2.27. The Hall–Kier alpha value is -2.76. The average Bonchev–Trinajstić information content (AvgIpc) is 2.73. The van der Waals surface area contributed by atoms with Crippen molar-refractivity contribution in [2.45, 2.75) is 4.90 Å². The number of sulfonamides is 2. The number of nitrogens with zero attached hydrogens (tertiary/aromatic N) is 4. The second kappa shape index (κ2) is 7.82. The summed E-state index contributed by atoms with van der Waals surface area (Å²) in [6.07, 6.45) is 1.18. The van der Waals surface area contributed by atoms with Crippen LogP contribution < -0.4 is 9.62 Å². The van der Waals surface area contributed by atoms with Crippen LogP contribution in [0.25, 0.3) is 11.0 Å². The molecule has 0 saturated carbocycles. The summed E-state index contributed by atoms with van der Waals surface area (Å²) in [5.74, 6) is 0.492. The van der Waals surface area contributed by atoms with Gasteiger partial charge in [0, 0.05) is 26.2 Å². The van der Waals surface area contributed by atoms with Gasteiger partial charge < -0.3 is 4.90 Å². The van der Waals surface area contributed by atoms with Crippen LogP contribution in [0.4, 0.5) is 11.6 Å². The lowest BCUT2D eigenvalue weighted by Crippen LogP contribution is -2.48. The van der Waals surface area contributed by atoms with Crippen LogP contribution >= 0.6 is 0 Å². The summed E-state index contributed by atoms with van der Waals surface area (Å²) < 4.78 is 53.3. The monoisotopic (exact) mass is 447 g/mol. The van der Waals surface area contributed by atoms with Gasteiger partial charge in [0.15, 0.2) is 11.6 Å². The van der Waals surface area contributed by atoms with E-state index in [1.165, 1.54) is 22.7 Å². The van der Waals surface area contributed by atoms with Crippen molar-refractivity contribution in [3.8, 4) is 0 Å². The van der Waals surface area contributed by atoms with E-state index in [4.69, 9.17) is 0 Å². The number of piperazine rings is 1. The summed E-state index contributed by atoms with van der Waals surface area (Å²) in [5.41, 5.74) is 1.18. The number of anilines is 2. The van der Waals surface area contributed by atoms with Gasteiger partial charge in [-0.15, -0.1) is 0 Å². The number of benzene rings is 2. The third-order valence-electron chi connectivity index (χ3n) is 4.84. The van der Waals surface area contributed by atoms with Crippen molar-refractivity contribution in [3.05, 3.63) is 54.6 Å². The summed E-state index contributed by atoms with van der Waals surface area (Å²) in [6.45, 7) is 1.33. The summed E-state index contributed by atoms with van der Waals surface area (Å²) in [5, 5.41) is 0. The Kier molecular flexibility index (Phi) is 5.35. The van der Waals surface area contributed by atoms with Crippen molar-refractivity contribution in [3.63, 3.8) is 0 Å². The largest absolute Gasteiger partial charge is 0.351 e. The molecule has 30 heavy (non-hydrogen) atoms. The summed E-state index contributed by atoms with van der Waals surface area (Å²) in [7, 11) is -7.14. The van der Waals surface area contributed by atoms with Crippen molar-refractivity contribution in [2.75, 3.05) is 42.1 Å². The molecule has 2 aromatic carbocycles. The number of hydrogen-bond donors (Lipinski definition) is 1. The zero-order chi connectivity index (χ0) is 21.4. The van der Waals surface area contributed by atoms with E-state index in [2.05, 4.69) is 14.7 Å². The molecule has 0 amide bonds. The Balaban J connectivity index is 1.72. The van der Waals surface area contributed by atoms with E-state index >= 15 is 0 Å². The van der Waals surface area contributed by atoms with Gasteiger partial charge >= 0.3 is 0 Å². The maximum atomic E-state index is 12.9. The fourth-order valence-electron chi connectivity index (χ4n) is 3.30. The number of hydrogen-bond acceptors (Lipinski definition) is 7. The lowest BCUT2D eigenvalue weighted by molar-refractivity contribution is 0.387. The minimum absolute atomic E-state index is 0.116. The normalized spacial score (nSPS) is 16.0. The molecule has 0 unspecified atom stereocenters. The Morgan fingerprint density at radius 1 is 0.800 bits per heavy atom. The fourth-order valence-corrected chi connectivity index (χ4v) is 5.15. The lowest BCUT2D eigenvalue weighted by Gasteiger charge is -2.34. The molecule has 0 aliphatic carbocycles. The Bertz CT molecular complexity index is 1270. The van der Waals surface area contributed by atoms with E-state index < -0.39 is 20.0 Å². The number of aromatic nitrogens is 2. The SMILES string of the molecule is CS(=O)(=O)N1CCN(c2nc3ccccc3nc2NS(=O)(=O)c2ccccc2)CC1. The quantitative estimate of drug-likeness (QED) is 0.631. The van der Waals surface area contributed by atoms with Crippen molar-refractivity contribution in [1.82, 2.24) is 14.3 Å². The van der Waals surface area contributed by atoms with E-state index in [0.717, 1.165) is 0 Å². The smallest absolute Gasteiger partial charge is 0.263 e. The highest BCUT2D eigenvalue weighted by atomic mass is 32.2. The molecule has 1 aliphatic rings. The molecule has 1 aromatic heterocycles. The summed E-state index contributed by atoms with van der Waals surface area (Å²) >= 11 is 0. The van der Waals surface area contributed by atoms with Crippen molar-refractivity contribution in [2.24, 2.45) is 0 Å². The van der Waals surface area contributed by atoms with E-state index in [1.54, 1.807) is 36.4 Å². The first-order valence-electron chi connectivity index (χ1n) is 9.29. The molecule has 1 N–H and O–H groups in total. The molecular formula is C19H21N5O4S2. The highest BCUT2D eigenvalue weighted by Crippen LogP contribution is 2.28. The molecule has 158 valence electrons. The molecule has 9 nitrogen and oxygen atoms in total. The van der Waals surface area contributed by atoms with Gasteiger partial charge in [-0.25, -0.2) is 26.8 Å². The Morgan fingerprint density at radius 2 is 1.37 bits per heavy atom. The third kappa shape index (κ3) is 4.23. The van der Waals surface area contributed by atoms with Crippen LogP contribution in [0.5, 0.6) is 0 Å². The van der Waals surface area contributed by atoms with Crippen LogP contribution in [0.2, 0.25) is 0 Å². The summed E-state index contributed by atoms with van der Waals surface area (Å²) in [6, 6.07) is 15.2. The maximum Gasteiger partial charge on any atom is 0.263 e. The third-order valence-corrected chi connectivity index (χ3v) is 7.50. The van der Waals surface area contributed by atoms with Crippen LogP contribution in [0.15, 0.2) is 59.5 Å². The first-order chi connectivity index (χ1) is 14.2. The van der Waals surface area contributed by atoms with Gasteiger partial charge in [0.2, 0.25) is 10.0 Å². The van der Waals surface area contributed by atoms with Crippen LogP contribution in [-0.4, -0.2) is 63.5 Å². The zero-order valence-electron chi connectivity index (χ0n) is 16.3. The Morgan fingerprint density at radius 3 is 1.97 bits per heavy atom. The fraction of sp³-hybridized carbons (Fsp3) is 0.263. The second-order valence-corrected chi connectivity index (χ2v) is 10.6. The average molecular weight is 448 g/mol. The molecule has 1 aliphatic heterocycles. The highest BCUT2D eigenvalue weighted by molar-refractivity contribution is 7.92. The minimum atomic E-state index is -3.86. The number of para-hydroxylation sites is 2. The van der Waals surface area contributed by atoms with Gasteiger partial charge in [-0.3, -0.25) is 4.72 Å². The minimum Gasteiger partial charge on any atom is -0.351 e. The van der Waals surface area contributed by atoms with Crippen LogP contribution in [-0.2, 0) is 20.0 Å². The molecule has 0 bridgehead atoms. The van der Waals surface area contributed by atoms with Crippen molar-refractivity contribution in [1.29, 1.82) is 0 Å². The first-order valence-corrected chi connectivity index (χ1v) is 12.6. The molecular weight excluding hydrogens is 426 g/mol. The molecule has 4 rings (SSSR count). The maximum absolute atomic E-state index is 12.9. The van der Waals surface area contributed by atoms with Crippen molar-refractivity contribution < 1.29 is 16.8 Å². The van der Waals surface area contributed by atoms with Crippen LogP contribution in [0.1, 0.15) is 0 Å². The number of rotatable bonds is 5. The van der Waals surface area contributed by atoms with Gasteiger partial charge in [-0.2, -0.15) is 4.31 Å². The molecule has 0 radical (unpaired) electrons. The van der Waals surface area contributed by atoms with Crippen LogP contribution in [0, 0.1) is 0 Å². The molecule has 0 spiro atoms. The van der Waals surface area contributed by atoms with E-state index in [9.17, 15) is 16.8 Å². The topological polar surface area (TPSA) is 113 Å². The van der Waals surface area contributed by atoms with E-state index in [0.29, 0.717) is 29.9 Å². The van der Waals surface area contributed by atoms with Crippen LogP contribution in [0.3, 0.4) is 0 Å². The summed E-state index contributed by atoms with van der Waals surface area (Å²) in [4.78, 5) is 11.1. The predicted octanol–water partition coefficient (Wildman–Crippen LogP) is 1.51. The molecule has 1 saturated heterocycles. The number of fused-ring (bicyclic) bond motifs is 1. The molecule has 11 heteroatoms. The number of nitrogens with one attached hydrogen (secondary N) is 1. The second-order valence-electron chi connectivity index (χ2n) is 6.95. The zero-order valence-corrected chi connectivity index (χ0v) is 17.9. The first kappa shape index (κ1) is 20.5. The van der Waals surface area contributed by atoms with E-state index in [1.807, 2.05) is 11.0 Å². The van der Waals surface area contributed by atoms with E-state index in [-0.39, 0.29) is 23.8 Å². The van der Waals surface area contributed by atoms with Gasteiger partial charge in [-0.05, 0) is 24.3 Å². The molecule has 0 atom stereocenters. The standard InChI is InChI=1S/C19H21N5O4S2/c1-29(25,26)24-13-11-23(12-14-24)19-18(20-16-9-5-6-10-17(16)21-19)22-30(27,28)15-7-3-2-4-8-15/h2-10H,11-14H2,1H3,(H,20,22). The molecule has 2 heterocycles. The Labute approximate surface area is 175 Å². The van der Waals surface area contributed by atoms with Gasteiger partial charge in [0.1, 0.15) is 0 Å². The van der Waals surface area contributed by atoms with Gasteiger partial charge in [0.05, 0.1) is 22.2 Å². The molecule has 1 fully saturated rings. The molecule has 3 aromatic rings. The lowest BCUT2D eigenvalue weighted by atomic mass is 10.3.